The van der Waals surface area contributed by atoms with Gasteiger partial charge < -0.3 is 9.47 Å². The summed E-state index contributed by atoms with van der Waals surface area (Å²) in [6, 6.07) is 0. The molecule has 2 aliphatic heterocycles. The molecule has 0 aliphatic carbocycles. The second kappa shape index (κ2) is 11.1. The molecule has 4 atom stereocenters. The Labute approximate surface area is 154 Å². The molecule has 0 N–H and O–H groups in total. The van der Waals surface area contributed by atoms with E-state index in [1.807, 2.05) is 0 Å². The molecule has 0 radical (unpaired) electrons. The first-order valence-corrected chi connectivity index (χ1v) is 12.1. The predicted octanol–water partition coefficient (Wildman–Crippen LogP) is 1.85. The van der Waals surface area contributed by atoms with E-state index in [0.717, 1.165) is 25.7 Å². The minimum absolute atomic E-state index is 0.0856. The third-order valence-corrected chi connectivity index (χ3v) is 7.36. The van der Waals surface area contributed by atoms with Crippen LogP contribution in [0.2, 0.25) is 0 Å². The molecule has 2 fully saturated rings. The van der Waals surface area contributed by atoms with Gasteiger partial charge in [0, 0.05) is 57.5 Å². The average molecular weight is 393 g/mol. The summed E-state index contributed by atoms with van der Waals surface area (Å²) in [5.74, 6) is 1.82. The van der Waals surface area contributed by atoms with Crippen LogP contribution in [-0.2, 0) is 40.7 Å². The third-order valence-electron chi connectivity index (χ3n) is 4.49. The zero-order chi connectivity index (χ0) is 18.1. The summed E-state index contributed by atoms with van der Waals surface area (Å²) >= 11 is 0. The highest BCUT2D eigenvalue weighted by atomic mass is 32.2. The van der Waals surface area contributed by atoms with Crippen LogP contribution in [0.15, 0.2) is 0 Å². The van der Waals surface area contributed by atoms with Gasteiger partial charge in [-0.1, -0.05) is 0 Å². The van der Waals surface area contributed by atoms with E-state index in [1.54, 1.807) is 0 Å². The SMILES string of the molecule is O=C1CCCC(CCS(=O)CCCS(=O)CCC2CCCC(=O)O2)O1. The molecule has 6 nitrogen and oxygen atoms in total. The molecule has 0 aromatic rings. The molecule has 0 spiro atoms. The Balaban J connectivity index is 1.50. The van der Waals surface area contributed by atoms with E-state index >= 15 is 0 Å². The molecular weight excluding hydrogens is 364 g/mol. The maximum atomic E-state index is 12.0. The molecule has 2 saturated heterocycles. The van der Waals surface area contributed by atoms with Crippen molar-refractivity contribution in [2.24, 2.45) is 0 Å². The lowest BCUT2D eigenvalue weighted by molar-refractivity contribution is -0.154. The van der Waals surface area contributed by atoms with Crippen LogP contribution in [0.25, 0.3) is 0 Å². The van der Waals surface area contributed by atoms with Crippen molar-refractivity contribution in [1.82, 2.24) is 0 Å². The van der Waals surface area contributed by atoms with Gasteiger partial charge in [-0.15, -0.1) is 0 Å². The zero-order valence-electron chi connectivity index (χ0n) is 14.6. The lowest BCUT2D eigenvalue weighted by Crippen LogP contribution is -2.25. The molecule has 8 heteroatoms. The molecule has 0 amide bonds. The summed E-state index contributed by atoms with van der Waals surface area (Å²) in [6.07, 6.45) is 6.19. The molecule has 0 aromatic carbocycles. The molecule has 2 rings (SSSR count). The van der Waals surface area contributed by atoms with E-state index in [2.05, 4.69) is 0 Å². The summed E-state index contributed by atoms with van der Waals surface area (Å²) < 4.78 is 34.4. The number of rotatable bonds is 10. The predicted molar refractivity (Wildman–Crippen MR) is 97.1 cm³/mol. The van der Waals surface area contributed by atoms with Crippen LogP contribution in [0.5, 0.6) is 0 Å². The van der Waals surface area contributed by atoms with Crippen molar-refractivity contribution in [3.05, 3.63) is 0 Å². The van der Waals surface area contributed by atoms with Crippen LogP contribution >= 0.6 is 0 Å². The van der Waals surface area contributed by atoms with Crippen LogP contribution in [0, 0.1) is 0 Å². The molecular formula is C17H28O6S2. The minimum Gasteiger partial charge on any atom is -0.462 e. The van der Waals surface area contributed by atoms with E-state index in [4.69, 9.17) is 9.47 Å². The van der Waals surface area contributed by atoms with Gasteiger partial charge in [0.25, 0.3) is 0 Å². The van der Waals surface area contributed by atoms with Crippen molar-refractivity contribution < 1.29 is 27.5 Å². The Bertz CT molecular complexity index is 463. The number of hydrogen-bond donors (Lipinski definition) is 0. The quantitative estimate of drug-likeness (QED) is 0.527. The van der Waals surface area contributed by atoms with Gasteiger partial charge in [0.2, 0.25) is 0 Å². The summed E-state index contributed by atoms with van der Waals surface area (Å²) in [6.45, 7) is 0. The third kappa shape index (κ3) is 8.44. The monoisotopic (exact) mass is 392 g/mol. The highest BCUT2D eigenvalue weighted by Crippen LogP contribution is 2.18. The number of carbonyl (C=O) groups excluding carboxylic acids is 2. The Morgan fingerprint density at radius 1 is 0.760 bits per heavy atom. The minimum atomic E-state index is -0.957. The number of hydrogen-bond acceptors (Lipinski definition) is 6. The number of carbonyl (C=O) groups is 2. The summed E-state index contributed by atoms with van der Waals surface area (Å²) in [7, 11) is -1.91. The van der Waals surface area contributed by atoms with Crippen LogP contribution in [-0.4, -0.2) is 55.6 Å². The fourth-order valence-electron chi connectivity index (χ4n) is 3.07. The molecule has 144 valence electrons. The van der Waals surface area contributed by atoms with E-state index in [-0.39, 0.29) is 24.1 Å². The Morgan fingerprint density at radius 2 is 1.20 bits per heavy atom. The second-order valence-electron chi connectivity index (χ2n) is 6.64. The smallest absolute Gasteiger partial charge is 0.306 e. The molecule has 0 bridgehead atoms. The number of ether oxygens (including phenoxy) is 2. The van der Waals surface area contributed by atoms with E-state index in [0.29, 0.717) is 55.1 Å². The van der Waals surface area contributed by atoms with Crippen molar-refractivity contribution in [1.29, 1.82) is 0 Å². The second-order valence-corrected chi connectivity index (χ2v) is 10.0. The molecule has 25 heavy (non-hydrogen) atoms. The van der Waals surface area contributed by atoms with Crippen molar-refractivity contribution in [3.63, 3.8) is 0 Å². The highest BCUT2D eigenvalue weighted by Gasteiger charge is 2.21. The van der Waals surface area contributed by atoms with Crippen LogP contribution < -0.4 is 0 Å². The molecule has 4 unspecified atom stereocenters. The largest absolute Gasteiger partial charge is 0.462 e. The Morgan fingerprint density at radius 3 is 1.60 bits per heavy atom. The van der Waals surface area contributed by atoms with Crippen LogP contribution in [0.3, 0.4) is 0 Å². The van der Waals surface area contributed by atoms with Crippen molar-refractivity contribution in [2.45, 2.75) is 70.0 Å². The van der Waals surface area contributed by atoms with Gasteiger partial charge in [-0.05, 0) is 44.9 Å². The number of cyclic esters (lactones) is 2. The molecule has 0 saturated carbocycles. The van der Waals surface area contributed by atoms with Gasteiger partial charge in [0.05, 0.1) is 0 Å². The van der Waals surface area contributed by atoms with E-state index < -0.39 is 21.6 Å². The van der Waals surface area contributed by atoms with Crippen molar-refractivity contribution in [2.75, 3.05) is 23.0 Å². The topological polar surface area (TPSA) is 86.7 Å². The maximum Gasteiger partial charge on any atom is 0.306 e. The van der Waals surface area contributed by atoms with Gasteiger partial charge in [-0.25, -0.2) is 0 Å². The van der Waals surface area contributed by atoms with Gasteiger partial charge >= 0.3 is 11.9 Å². The maximum absolute atomic E-state index is 12.0. The zero-order valence-corrected chi connectivity index (χ0v) is 16.2. The van der Waals surface area contributed by atoms with E-state index in [1.165, 1.54) is 0 Å². The molecule has 2 heterocycles. The fraction of sp³-hybridized carbons (Fsp3) is 0.882. The average Bonchev–Trinajstić information content (AvgIpc) is 2.58. The summed E-state index contributed by atoms with van der Waals surface area (Å²) in [5.41, 5.74) is 0. The van der Waals surface area contributed by atoms with Gasteiger partial charge in [-0.3, -0.25) is 18.0 Å². The van der Waals surface area contributed by atoms with Crippen LogP contribution in [0.1, 0.15) is 57.8 Å². The summed E-state index contributed by atoms with van der Waals surface area (Å²) in [4.78, 5) is 22.4. The van der Waals surface area contributed by atoms with E-state index in [9.17, 15) is 18.0 Å². The molecule has 0 aromatic heterocycles. The lowest BCUT2D eigenvalue weighted by atomic mass is 10.1. The first kappa shape index (κ1) is 20.6. The normalized spacial score (nSPS) is 26.6. The highest BCUT2D eigenvalue weighted by molar-refractivity contribution is 7.85. The molecule has 2 aliphatic rings. The summed E-state index contributed by atoms with van der Waals surface area (Å²) in [5, 5.41) is 0. The first-order valence-electron chi connectivity index (χ1n) is 9.12. The Hall–Kier alpha value is -0.760. The van der Waals surface area contributed by atoms with Gasteiger partial charge in [0.1, 0.15) is 12.2 Å². The standard InChI is InChI=1S/C17H28O6S2/c18-16-6-1-4-14(22-16)8-12-24(20)10-3-11-25(21)13-9-15-5-2-7-17(19)23-15/h14-15H,1-13H2. The fourth-order valence-corrected chi connectivity index (χ4v) is 5.65. The Kier molecular flexibility index (Phi) is 9.09. The van der Waals surface area contributed by atoms with Crippen molar-refractivity contribution >= 4 is 33.5 Å². The first-order chi connectivity index (χ1) is 12.0. The van der Waals surface area contributed by atoms with Gasteiger partial charge in [0.15, 0.2) is 0 Å². The van der Waals surface area contributed by atoms with Crippen molar-refractivity contribution in [3.8, 4) is 0 Å². The lowest BCUT2D eigenvalue weighted by Gasteiger charge is -2.22. The number of esters is 2. The van der Waals surface area contributed by atoms with Crippen LogP contribution in [0.4, 0.5) is 0 Å². The van der Waals surface area contributed by atoms with Gasteiger partial charge in [-0.2, -0.15) is 0 Å².